The zero-order chi connectivity index (χ0) is 14.3. The molecule has 4 heteroatoms. The molecule has 1 amide bonds. The van der Waals surface area contributed by atoms with Crippen LogP contribution in [0, 0.1) is 5.92 Å². The average molecular weight is 279 g/mol. The molecule has 0 spiro atoms. The smallest absolute Gasteiger partial charge is 0.222 e. The topological polar surface area (TPSA) is 35.6 Å². The van der Waals surface area contributed by atoms with Crippen molar-refractivity contribution in [2.45, 2.75) is 63.6 Å². The van der Waals surface area contributed by atoms with Crippen molar-refractivity contribution in [3.05, 3.63) is 0 Å². The first kappa shape index (κ1) is 14.3. The van der Waals surface area contributed by atoms with Gasteiger partial charge in [0.25, 0.3) is 0 Å². The molecule has 20 heavy (non-hydrogen) atoms. The highest BCUT2D eigenvalue weighted by Gasteiger charge is 2.37. The van der Waals surface area contributed by atoms with Gasteiger partial charge in [0.1, 0.15) is 0 Å². The Hall–Kier alpha value is -0.610. The third-order valence-electron chi connectivity index (χ3n) is 5.70. The summed E-state index contributed by atoms with van der Waals surface area (Å²) < 4.78 is 0. The Kier molecular flexibility index (Phi) is 3.80. The highest BCUT2D eigenvalue weighted by molar-refractivity contribution is 5.76. The van der Waals surface area contributed by atoms with Crippen molar-refractivity contribution in [2.24, 2.45) is 5.92 Å². The summed E-state index contributed by atoms with van der Waals surface area (Å²) >= 11 is 0. The number of piperazine rings is 1. The Morgan fingerprint density at radius 1 is 1.20 bits per heavy atom. The van der Waals surface area contributed by atoms with Gasteiger partial charge in [0.05, 0.1) is 0 Å². The Labute approximate surface area is 122 Å². The summed E-state index contributed by atoms with van der Waals surface area (Å²) in [6.45, 7) is 7.24. The van der Waals surface area contributed by atoms with E-state index in [1.165, 1.54) is 25.7 Å². The zero-order valence-corrected chi connectivity index (χ0v) is 13.2. The molecule has 3 aliphatic heterocycles. The van der Waals surface area contributed by atoms with Crippen LogP contribution in [0.2, 0.25) is 0 Å². The van der Waals surface area contributed by atoms with Crippen molar-refractivity contribution >= 4 is 5.91 Å². The molecule has 3 saturated heterocycles. The molecule has 3 aliphatic rings. The number of carbonyl (C=O) groups excluding carboxylic acids is 1. The number of carbonyl (C=O) groups is 1. The van der Waals surface area contributed by atoms with Crippen LogP contribution >= 0.6 is 0 Å². The Morgan fingerprint density at radius 3 is 2.45 bits per heavy atom. The van der Waals surface area contributed by atoms with Crippen molar-refractivity contribution in [1.82, 2.24) is 15.1 Å². The summed E-state index contributed by atoms with van der Waals surface area (Å²) in [6, 6.07) is 1.38. The number of nitrogens with one attached hydrogen (secondary N) is 1. The lowest BCUT2D eigenvalue weighted by Crippen LogP contribution is -2.59. The molecule has 3 fully saturated rings. The van der Waals surface area contributed by atoms with Gasteiger partial charge in [-0.15, -0.1) is 0 Å². The minimum absolute atomic E-state index is 0.112. The first-order valence-corrected chi connectivity index (χ1v) is 8.19. The molecule has 0 radical (unpaired) electrons. The van der Waals surface area contributed by atoms with Crippen molar-refractivity contribution in [2.75, 3.05) is 26.7 Å². The Balaban J connectivity index is 1.54. The van der Waals surface area contributed by atoms with E-state index in [2.05, 4.69) is 36.0 Å². The van der Waals surface area contributed by atoms with E-state index in [1.807, 2.05) is 0 Å². The fourth-order valence-corrected chi connectivity index (χ4v) is 4.17. The summed E-state index contributed by atoms with van der Waals surface area (Å²) in [5.74, 6) is 1.00. The molecule has 2 bridgehead atoms. The number of fused-ring (bicyclic) bond motifs is 2. The first-order chi connectivity index (χ1) is 9.44. The predicted octanol–water partition coefficient (Wildman–Crippen LogP) is 1.46. The Bertz CT molecular complexity index is 370. The molecular formula is C16H29N3O. The normalized spacial score (nSPS) is 37.1. The van der Waals surface area contributed by atoms with Gasteiger partial charge in [-0.2, -0.15) is 0 Å². The maximum absolute atomic E-state index is 12.6. The van der Waals surface area contributed by atoms with Gasteiger partial charge in [-0.1, -0.05) is 0 Å². The molecule has 114 valence electrons. The van der Waals surface area contributed by atoms with Gasteiger partial charge < -0.3 is 10.2 Å². The second-order valence-corrected chi connectivity index (χ2v) is 7.73. The fourth-order valence-electron chi connectivity index (χ4n) is 4.17. The van der Waals surface area contributed by atoms with Crippen LogP contribution in [-0.2, 0) is 4.79 Å². The lowest BCUT2D eigenvalue weighted by atomic mass is 9.89. The molecule has 0 aromatic heterocycles. The van der Waals surface area contributed by atoms with Crippen molar-refractivity contribution < 1.29 is 4.79 Å². The van der Waals surface area contributed by atoms with E-state index in [0.717, 1.165) is 26.1 Å². The van der Waals surface area contributed by atoms with E-state index in [-0.39, 0.29) is 5.54 Å². The number of amides is 1. The molecule has 0 saturated carbocycles. The second kappa shape index (κ2) is 5.30. The summed E-state index contributed by atoms with van der Waals surface area (Å²) in [5.41, 5.74) is 0.112. The van der Waals surface area contributed by atoms with Gasteiger partial charge in [0.15, 0.2) is 0 Å². The van der Waals surface area contributed by atoms with Gasteiger partial charge in [-0.3, -0.25) is 9.69 Å². The van der Waals surface area contributed by atoms with Crippen molar-refractivity contribution in [3.63, 3.8) is 0 Å². The molecular weight excluding hydrogens is 250 g/mol. The van der Waals surface area contributed by atoms with E-state index >= 15 is 0 Å². The van der Waals surface area contributed by atoms with Crippen molar-refractivity contribution in [3.8, 4) is 0 Å². The molecule has 3 rings (SSSR count). The maximum Gasteiger partial charge on any atom is 0.222 e. The van der Waals surface area contributed by atoms with E-state index in [1.54, 1.807) is 0 Å². The zero-order valence-electron chi connectivity index (χ0n) is 13.2. The van der Waals surface area contributed by atoms with Gasteiger partial charge in [-0.05, 0) is 52.5 Å². The first-order valence-electron chi connectivity index (χ1n) is 8.19. The van der Waals surface area contributed by atoms with Crippen LogP contribution in [0.4, 0.5) is 0 Å². The van der Waals surface area contributed by atoms with Crippen LogP contribution in [0.15, 0.2) is 0 Å². The molecule has 2 unspecified atom stereocenters. The predicted molar refractivity (Wildman–Crippen MR) is 80.6 cm³/mol. The molecule has 2 atom stereocenters. The Morgan fingerprint density at radius 2 is 1.85 bits per heavy atom. The quantitative estimate of drug-likeness (QED) is 0.831. The van der Waals surface area contributed by atoms with Crippen LogP contribution in [0.25, 0.3) is 0 Å². The van der Waals surface area contributed by atoms with E-state index in [9.17, 15) is 4.79 Å². The number of hydrogen-bond acceptors (Lipinski definition) is 3. The molecule has 0 aliphatic carbocycles. The van der Waals surface area contributed by atoms with Crippen LogP contribution in [0.1, 0.15) is 46.0 Å². The number of nitrogens with zero attached hydrogens (tertiary/aromatic N) is 2. The van der Waals surface area contributed by atoms with E-state index < -0.39 is 0 Å². The standard InChI is InChI=1S/C16H29N3O/c1-16(2)11-19(7-6-18(16)3)15(20)10-12-8-13-4-5-14(9-12)17-13/h12-14,17H,4-11H2,1-3H3. The number of piperidine rings is 1. The summed E-state index contributed by atoms with van der Waals surface area (Å²) in [7, 11) is 2.16. The minimum atomic E-state index is 0.112. The van der Waals surface area contributed by atoms with Crippen molar-refractivity contribution in [1.29, 1.82) is 0 Å². The summed E-state index contributed by atoms with van der Waals surface area (Å²) in [6.07, 6.45) is 5.82. The van der Waals surface area contributed by atoms with Gasteiger partial charge in [0.2, 0.25) is 5.91 Å². The van der Waals surface area contributed by atoms with E-state index in [4.69, 9.17) is 0 Å². The minimum Gasteiger partial charge on any atom is -0.340 e. The van der Waals surface area contributed by atoms with Gasteiger partial charge in [-0.25, -0.2) is 0 Å². The summed E-state index contributed by atoms with van der Waals surface area (Å²) in [5, 5.41) is 3.66. The van der Waals surface area contributed by atoms with Crippen LogP contribution in [-0.4, -0.2) is 60.0 Å². The lowest BCUT2D eigenvalue weighted by molar-refractivity contribution is -0.137. The van der Waals surface area contributed by atoms with E-state index in [0.29, 0.717) is 23.9 Å². The lowest BCUT2D eigenvalue weighted by Gasteiger charge is -2.45. The maximum atomic E-state index is 12.6. The summed E-state index contributed by atoms with van der Waals surface area (Å²) in [4.78, 5) is 17.0. The van der Waals surface area contributed by atoms with Crippen LogP contribution in [0.3, 0.4) is 0 Å². The molecule has 3 heterocycles. The largest absolute Gasteiger partial charge is 0.340 e. The monoisotopic (exact) mass is 279 g/mol. The third-order valence-corrected chi connectivity index (χ3v) is 5.70. The highest BCUT2D eigenvalue weighted by atomic mass is 16.2. The third kappa shape index (κ3) is 2.86. The molecule has 1 N–H and O–H groups in total. The molecule has 0 aromatic carbocycles. The molecule has 0 aromatic rings. The highest BCUT2D eigenvalue weighted by Crippen LogP contribution is 2.33. The number of likely N-dealkylation sites (N-methyl/N-ethyl adjacent to an activating group) is 1. The van der Waals surface area contributed by atoms with Crippen LogP contribution < -0.4 is 5.32 Å². The number of hydrogen-bond donors (Lipinski definition) is 1. The fraction of sp³-hybridized carbons (Fsp3) is 0.938. The SMILES string of the molecule is CN1CCN(C(=O)CC2CC3CCC(C2)N3)CC1(C)C. The average Bonchev–Trinajstić information content (AvgIpc) is 2.72. The van der Waals surface area contributed by atoms with Crippen LogP contribution in [0.5, 0.6) is 0 Å². The molecule has 4 nitrogen and oxygen atoms in total. The number of rotatable bonds is 2. The van der Waals surface area contributed by atoms with Gasteiger partial charge >= 0.3 is 0 Å². The second-order valence-electron chi connectivity index (χ2n) is 7.73. The van der Waals surface area contributed by atoms with Gasteiger partial charge in [0, 0.05) is 43.7 Å².